The highest BCUT2D eigenvalue weighted by molar-refractivity contribution is 5.72. The molecule has 5 atom stereocenters. The van der Waals surface area contributed by atoms with Gasteiger partial charge >= 0.3 is 6.03 Å². The molecule has 176 valence electrons. The molecule has 0 radical (unpaired) electrons. The molecule has 2 aromatic rings. The summed E-state index contributed by atoms with van der Waals surface area (Å²) in [5.74, 6) is 2.83. The van der Waals surface area contributed by atoms with Crippen LogP contribution in [0.3, 0.4) is 0 Å². The first-order valence-corrected chi connectivity index (χ1v) is 12.5. The molecule has 33 heavy (non-hydrogen) atoms. The van der Waals surface area contributed by atoms with E-state index in [2.05, 4.69) is 25.1 Å². The lowest BCUT2D eigenvalue weighted by Crippen LogP contribution is -2.43. The number of amides is 2. The van der Waals surface area contributed by atoms with Crippen LogP contribution in [0.2, 0.25) is 0 Å². The zero-order valence-corrected chi connectivity index (χ0v) is 19.6. The van der Waals surface area contributed by atoms with Crippen LogP contribution in [0.4, 0.5) is 4.79 Å². The summed E-state index contributed by atoms with van der Waals surface area (Å²) in [5.41, 5.74) is 9.66. The van der Waals surface area contributed by atoms with Gasteiger partial charge in [0, 0.05) is 6.54 Å². The van der Waals surface area contributed by atoms with Crippen molar-refractivity contribution in [2.45, 2.75) is 64.0 Å². The molecule has 0 bridgehead atoms. The van der Waals surface area contributed by atoms with Crippen LogP contribution in [-0.4, -0.2) is 35.3 Å². The maximum Gasteiger partial charge on any atom is 0.315 e. The quantitative estimate of drug-likeness (QED) is 0.662. The number of benzene rings is 2. The summed E-state index contributed by atoms with van der Waals surface area (Å²) in [6.45, 7) is 3.68. The van der Waals surface area contributed by atoms with E-state index in [1.807, 2.05) is 30.3 Å². The van der Waals surface area contributed by atoms with Gasteiger partial charge in [0.15, 0.2) is 0 Å². The lowest BCUT2D eigenvalue weighted by Gasteiger charge is -2.50. The molecule has 0 saturated heterocycles. The van der Waals surface area contributed by atoms with Crippen molar-refractivity contribution in [3.05, 3.63) is 65.2 Å². The van der Waals surface area contributed by atoms with E-state index < -0.39 is 6.03 Å². The first-order chi connectivity index (χ1) is 16.0. The molecule has 5 heteroatoms. The van der Waals surface area contributed by atoms with Crippen molar-refractivity contribution in [1.29, 1.82) is 0 Å². The third-order valence-electron chi connectivity index (χ3n) is 8.81. The Balaban J connectivity index is 1.22. The normalized spacial score (nSPS) is 30.1. The number of aliphatic hydroxyl groups excluding tert-OH is 1. The van der Waals surface area contributed by atoms with Crippen LogP contribution < -0.4 is 10.5 Å². The van der Waals surface area contributed by atoms with E-state index >= 15 is 0 Å². The maximum absolute atomic E-state index is 11.9. The average molecular weight is 449 g/mol. The minimum atomic E-state index is -0.430. The summed E-state index contributed by atoms with van der Waals surface area (Å²) in [7, 11) is 0. The number of aliphatic hydroxyl groups is 1. The van der Waals surface area contributed by atoms with E-state index in [1.165, 1.54) is 30.4 Å². The van der Waals surface area contributed by atoms with Crippen molar-refractivity contribution < 1.29 is 14.6 Å². The summed E-state index contributed by atoms with van der Waals surface area (Å²) >= 11 is 0. The Morgan fingerprint density at radius 1 is 1.15 bits per heavy atom. The minimum Gasteiger partial charge on any atom is -0.492 e. The van der Waals surface area contributed by atoms with Gasteiger partial charge in [-0.05, 0) is 90.5 Å². The summed E-state index contributed by atoms with van der Waals surface area (Å²) < 4.78 is 6.04. The van der Waals surface area contributed by atoms with Gasteiger partial charge in [-0.2, -0.15) is 0 Å². The third kappa shape index (κ3) is 4.23. The van der Waals surface area contributed by atoms with Crippen LogP contribution in [0.15, 0.2) is 48.5 Å². The number of carbonyl (C=O) groups excluding carboxylic acids is 1. The summed E-state index contributed by atoms with van der Waals surface area (Å²) in [4.78, 5) is 13.5. The second kappa shape index (κ2) is 9.02. The standard InChI is InChI=1S/C28H36N2O3/c1-28-14-13-23-22-10-8-21(17-20(22)7-9-24(23)25(28)11-12-26(28)31)33-16-15-30(27(29)32)18-19-5-3-2-4-6-19/h2-6,8,10,17,23-26,31H,7,9,11-16,18H2,1H3,(H2,29,32). The molecule has 3 N–H and O–H groups in total. The molecule has 3 aliphatic rings. The van der Waals surface area contributed by atoms with Crippen molar-refractivity contribution in [2.75, 3.05) is 13.2 Å². The van der Waals surface area contributed by atoms with E-state index in [0.29, 0.717) is 37.5 Å². The van der Waals surface area contributed by atoms with Gasteiger partial charge in [-0.15, -0.1) is 0 Å². The number of rotatable bonds is 6. The number of hydrogen-bond donors (Lipinski definition) is 2. The van der Waals surface area contributed by atoms with Gasteiger partial charge in [-0.25, -0.2) is 4.79 Å². The molecule has 0 aromatic heterocycles. The van der Waals surface area contributed by atoms with Gasteiger partial charge in [0.2, 0.25) is 0 Å². The summed E-state index contributed by atoms with van der Waals surface area (Å²) in [6.07, 6.45) is 6.61. The third-order valence-corrected chi connectivity index (χ3v) is 8.81. The number of ether oxygens (including phenoxy) is 1. The SMILES string of the molecule is CC12CCC3c4ccc(OCCN(Cc5ccccc5)C(N)=O)cc4CCC3C1CCC2O. The molecule has 3 aliphatic carbocycles. The average Bonchev–Trinajstić information content (AvgIpc) is 3.13. The van der Waals surface area contributed by atoms with E-state index in [0.717, 1.165) is 30.6 Å². The highest BCUT2D eigenvalue weighted by Crippen LogP contribution is 2.60. The molecule has 0 spiro atoms. The molecular formula is C28H36N2O3. The molecule has 2 fully saturated rings. The fraction of sp³-hybridized carbons (Fsp3) is 0.536. The van der Waals surface area contributed by atoms with Gasteiger partial charge in [0.05, 0.1) is 12.6 Å². The molecule has 0 heterocycles. The molecule has 2 aromatic carbocycles. The van der Waals surface area contributed by atoms with Crippen LogP contribution in [0.25, 0.3) is 0 Å². The lowest BCUT2D eigenvalue weighted by molar-refractivity contribution is -0.0226. The lowest BCUT2D eigenvalue weighted by atomic mass is 9.55. The van der Waals surface area contributed by atoms with E-state index in [-0.39, 0.29) is 11.5 Å². The first kappa shape index (κ1) is 22.3. The van der Waals surface area contributed by atoms with E-state index in [9.17, 15) is 9.90 Å². The van der Waals surface area contributed by atoms with Crippen LogP contribution in [0.5, 0.6) is 5.75 Å². The van der Waals surface area contributed by atoms with Crippen LogP contribution in [0.1, 0.15) is 61.6 Å². The molecule has 0 aliphatic heterocycles. The molecule has 2 saturated carbocycles. The molecule has 2 amide bonds. The molecule has 5 unspecified atom stereocenters. The summed E-state index contributed by atoms with van der Waals surface area (Å²) in [6, 6.07) is 16.0. The topological polar surface area (TPSA) is 75.8 Å². The molecule has 5 nitrogen and oxygen atoms in total. The van der Waals surface area contributed by atoms with Gasteiger partial charge in [-0.3, -0.25) is 0 Å². The van der Waals surface area contributed by atoms with Crippen LogP contribution >= 0.6 is 0 Å². The number of urea groups is 1. The number of hydrogen-bond acceptors (Lipinski definition) is 3. The fourth-order valence-corrected chi connectivity index (χ4v) is 6.97. The maximum atomic E-state index is 11.9. The predicted octanol–water partition coefficient (Wildman–Crippen LogP) is 4.86. The second-order valence-corrected chi connectivity index (χ2v) is 10.5. The number of nitrogens with two attached hydrogens (primary N) is 1. The Morgan fingerprint density at radius 2 is 1.97 bits per heavy atom. The molecular weight excluding hydrogens is 412 g/mol. The number of carbonyl (C=O) groups is 1. The predicted molar refractivity (Wildman–Crippen MR) is 129 cm³/mol. The van der Waals surface area contributed by atoms with Gasteiger partial charge in [0.25, 0.3) is 0 Å². The highest BCUT2D eigenvalue weighted by atomic mass is 16.5. The zero-order valence-electron chi connectivity index (χ0n) is 19.6. The monoisotopic (exact) mass is 448 g/mol. The Kier molecular flexibility index (Phi) is 6.09. The van der Waals surface area contributed by atoms with Crippen molar-refractivity contribution >= 4 is 6.03 Å². The van der Waals surface area contributed by atoms with Crippen molar-refractivity contribution in [3.63, 3.8) is 0 Å². The first-order valence-electron chi connectivity index (χ1n) is 12.5. The van der Waals surface area contributed by atoms with Gasteiger partial charge in [0.1, 0.15) is 12.4 Å². The van der Waals surface area contributed by atoms with Crippen molar-refractivity contribution in [2.24, 2.45) is 23.0 Å². The van der Waals surface area contributed by atoms with Gasteiger partial charge < -0.3 is 20.5 Å². The number of fused-ring (bicyclic) bond motifs is 5. The van der Waals surface area contributed by atoms with Crippen LogP contribution in [-0.2, 0) is 13.0 Å². The second-order valence-electron chi connectivity index (χ2n) is 10.5. The Morgan fingerprint density at radius 3 is 2.76 bits per heavy atom. The minimum absolute atomic E-state index is 0.119. The van der Waals surface area contributed by atoms with Crippen molar-refractivity contribution in [1.82, 2.24) is 4.90 Å². The Bertz CT molecular complexity index is 994. The number of aryl methyl sites for hydroxylation is 1. The largest absolute Gasteiger partial charge is 0.492 e. The fourth-order valence-electron chi connectivity index (χ4n) is 6.97. The smallest absolute Gasteiger partial charge is 0.315 e. The number of primary amides is 1. The number of nitrogens with zero attached hydrogens (tertiary/aromatic N) is 1. The van der Waals surface area contributed by atoms with Gasteiger partial charge in [-0.1, -0.05) is 43.3 Å². The Hall–Kier alpha value is -2.53. The van der Waals surface area contributed by atoms with Crippen molar-refractivity contribution in [3.8, 4) is 5.75 Å². The molecule has 5 rings (SSSR count). The van der Waals surface area contributed by atoms with Crippen LogP contribution in [0, 0.1) is 17.3 Å². The zero-order chi connectivity index (χ0) is 23.0. The van der Waals surface area contributed by atoms with E-state index in [1.54, 1.807) is 4.90 Å². The highest BCUT2D eigenvalue weighted by Gasteiger charge is 2.54. The Labute approximate surface area is 196 Å². The van der Waals surface area contributed by atoms with E-state index in [4.69, 9.17) is 10.5 Å². The summed E-state index contributed by atoms with van der Waals surface area (Å²) in [5, 5.41) is 10.6.